The average Bonchev–Trinajstić information content (AvgIpc) is 2.60. The summed E-state index contributed by atoms with van der Waals surface area (Å²) in [5, 5.41) is 23.1. The molecule has 5 nitrogen and oxygen atoms in total. The van der Waals surface area contributed by atoms with E-state index in [9.17, 15) is 4.79 Å². The van der Waals surface area contributed by atoms with Crippen LogP contribution in [0.5, 0.6) is 0 Å². The average molecular weight is 316 g/mol. The van der Waals surface area contributed by atoms with Crippen molar-refractivity contribution in [2.24, 2.45) is 0 Å². The van der Waals surface area contributed by atoms with E-state index in [4.69, 9.17) is 10.5 Å². The van der Waals surface area contributed by atoms with E-state index in [-0.39, 0.29) is 11.5 Å². The van der Waals surface area contributed by atoms with Gasteiger partial charge in [-0.15, -0.1) is 0 Å². The number of anilines is 2. The Bertz CT molecular complexity index is 852. The van der Waals surface area contributed by atoms with Crippen molar-refractivity contribution >= 4 is 17.3 Å². The summed E-state index contributed by atoms with van der Waals surface area (Å²) in [7, 11) is 0. The van der Waals surface area contributed by atoms with Crippen LogP contribution in [0, 0.1) is 36.5 Å². The maximum atomic E-state index is 12.3. The summed E-state index contributed by atoms with van der Waals surface area (Å²) in [5.41, 5.74) is 4.12. The number of hydrogen-bond donors (Lipinski definition) is 2. The second kappa shape index (κ2) is 7.62. The minimum Gasteiger partial charge on any atom is -0.360 e. The Morgan fingerprint density at radius 1 is 1.04 bits per heavy atom. The van der Waals surface area contributed by atoms with Gasteiger partial charge in [0.1, 0.15) is 17.7 Å². The molecule has 0 spiro atoms. The van der Waals surface area contributed by atoms with Crippen LogP contribution in [0.1, 0.15) is 21.5 Å². The number of amides is 1. The molecule has 2 rings (SSSR count). The molecule has 2 aromatic carbocycles. The third-order valence-corrected chi connectivity index (χ3v) is 3.62. The van der Waals surface area contributed by atoms with Gasteiger partial charge in [0.05, 0.1) is 0 Å². The Labute approximate surface area is 140 Å². The van der Waals surface area contributed by atoms with Crippen molar-refractivity contribution in [1.82, 2.24) is 0 Å². The first-order valence-electron chi connectivity index (χ1n) is 7.29. The lowest BCUT2D eigenvalue weighted by Crippen LogP contribution is -2.13. The molecule has 1 amide bonds. The van der Waals surface area contributed by atoms with Gasteiger partial charge in [-0.1, -0.05) is 12.1 Å². The van der Waals surface area contributed by atoms with E-state index in [0.29, 0.717) is 11.3 Å². The van der Waals surface area contributed by atoms with Gasteiger partial charge < -0.3 is 10.6 Å². The standard InChI is InChI=1S/C19H16N4O/c1-13-4-3-5-18(14(13)2)23-19(24)16-6-8-17(9-7-16)22-12-15(10-20)11-21/h3-9,12,22H,1-2H3,(H,23,24). The Morgan fingerprint density at radius 2 is 1.71 bits per heavy atom. The van der Waals surface area contributed by atoms with Gasteiger partial charge in [-0.2, -0.15) is 10.5 Å². The molecule has 0 aromatic heterocycles. The van der Waals surface area contributed by atoms with Crippen LogP contribution in [-0.2, 0) is 0 Å². The van der Waals surface area contributed by atoms with Gasteiger partial charge in [0.2, 0.25) is 0 Å². The molecule has 2 N–H and O–H groups in total. The van der Waals surface area contributed by atoms with Crippen LogP contribution in [-0.4, -0.2) is 5.91 Å². The second-order valence-corrected chi connectivity index (χ2v) is 5.20. The van der Waals surface area contributed by atoms with Gasteiger partial charge in [0.25, 0.3) is 5.91 Å². The zero-order valence-corrected chi connectivity index (χ0v) is 13.4. The van der Waals surface area contributed by atoms with Crippen LogP contribution in [0.25, 0.3) is 0 Å². The van der Waals surface area contributed by atoms with Crippen molar-refractivity contribution in [1.29, 1.82) is 10.5 Å². The Kier molecular flexibility index (Phi) is 5.33. The number of rotatable bonds is 4. The van der Waals surface area contributed by atoms with Crippen LogP contribution < -0.4 is 10.6 Å². The lowest BCUT2D eigenvalue weighted by molar-refractivity contribution is 0.102. The van der Waals surface area contributed by atoms with Crippen LogP contribution >= 0.6 is 0 Å². The van der Waals surface area contributed by atoms with Gasteiger partial charge in [0, 0.05) is 23.1 Å². The molecule has 0 radical (unpaired) electrons. The molecule has 0 aliphatic rings. The third-order valence-electron chi connectivity index (χ3n) is 3.62. The normalized spacial score (nSPS) is 9.33. The second-order valence-electron chi connectivity index (χ2n) is 5.20. The molecular weight excluding hydrogens is 300 g/mol. The number of carbonyl (C=O) groups is 1. The Hall–Kier alpha value is -3.57. The van der Waals surface area contributed by atoms with E-state index in [1.54, 1.807) is 36.4 Å². The highest BCUT2D eigenvalue weighted by atomic mass is 16.1. The molecule has 0 aliphatic heterocycles. The molecule has 5 heteroatoms. The highest BCUT2D eigenvalue weighted by molar-refractivity contribution is 6.04. The van der Waals surface area contributed by atoms with Crippen molar-refractivity contribution in [3.05, 3.63) is 70.9 Å². The predicted molar refractivity (Wildman–Crippen MR) is 93.2 cm³/mol. The first-order valence-corrected chi connectivity index (χ1v) is 7.29. The van der Waals surface area contributed by atoms with Crippen molar-refractivity contribution in [3.63, 3.8) is 0 Å². The van der Waals surface area contributed by atoms with E-state index in [0.717, 1.165) is 16.8 Å². The largest absolute Gasteiger partial charge is 0.360 e. The summed E-state index contributed by atoms with van der Waals surface area (Å²) < 4.78 is 0. The minimum absolute atomic E-state index is 0.0215. The van der Waals surface area contributed by atoms with Gasteiger partial charge in [-0.05, 0) is 55.3 Å². The van der Waals surface area contributed by atoms with E-state index in [1.165, 1.54) is 6.20 Å². The monoisotopic (exact) mass is 316 g/mol. The maximum absolute atomic E-state index is 12.3. The number of nitrogens with one attached hydrogen (secondary N) is 2. The van der Waals surface area contributed by atoms with E-state index < -0.39 is 0 Å². The van der Waals surface area contributed by atoms with Crippen molar-refractivity contribution in [2.45, 2.75) is 13.8 Å². The van der Waals surface area contributed by atoms with Crippen LogP contribution in [0.2, 0.25) is 0 Å². The molecule has 0 heterocycles. The number of hydrogen-bond acceptors (Lipinski definition) is 4. The molecule has 0 aliphatic carbocycles. The van der Waals surface area contributed by atoms with Crippen LogP contribution in [0.15, 0.2) is 54.2 Å². The topological polar surface area (TPSA) is 88.7 Å². The Morgan fingerprint density at radius 3 is 2.33 bits per heavy atom. The van der Waals surface area contributed by atoms with E-state index >= 15 is 0 Å². The molecule has 2 aromatic rings. The quantitative estimate of drug-likeness (QED) is 0.837. The van der Waals surface area contributed by atoms with Crippen molar-refractivity contribution in [3.8, 4) is 12.1 Å². The molecule has 0 bridgehead atoms. The summed E-state index contributed by atoms with van der Waals surface area (Å²) >= 11 is 0. The van der Waals surface area contributed by atoms with Crippen LogP contribution in [0.3, 0.4) is 0 Å². The zero-order chi connectivity index (χ0) is 17.5. The maximum Gasteiger partial charge on any atom is 0.255 e. The third kappa shape index (κ3) is 4.00. The smallest absolute Gasteiger partial charge is 0.255 e. The van der Waals surface area contributed by atoms with Crippen LogP contribution in [0.4, 0.5) is 11.4 Å². The molecule has 24 heavy (non-hydrogen) atoms. The number of benzene rings is 2. The molecular formula is C19H16N4O. The number of aryl methyl sites for hydroxylation is 1. The first kappa shape index (κ1) is 16.8. The molecule has 118 valence electrons. The molecule has 0 saturated carbocycles. The van der Waals surface area contributed by atoms with Gasteiger partial charge >= 0.3 is 0 Å². The number of nitriles is 2. The highest BCUT2D eigenvalue weighted by Crippen LogP contribution is 2.19. The predicted octanol–water partition coefficient (Wildman–Crippen LogP) is 3.90. The van der Waals surface area contributed by atoms with Crippen molar-refractivity contribution < 1.29 is 4.79 Å². The van der Waals surface area contributed by atoms with Crippen molar-refractivity contribution in [2.75, 3.05) is 10.6 Å². The summed E-state index contributed by atoms with van der Waals surface area (Å²) in [6.07, 6.45) is 1.32. The summed E-state index contributed by atoms with van der Waals surface area (Å²) in [6, 6.07) is 16.1. The summed E-state index contributed by atoms with van der Waals surface area (Å²) in [6.45, 7) is 3.96. The highest BCUT2D eigenvalue weighted by Gasteiger charge is 2.08. The van der Waals surface area contributed by atoms with Gasteiger partial charge in [0.15, 0.2) is 0 Å². The zero-order valence-electron chi connectivity index (χ0n) is 13.4. The van der Waals surface area contributed by atoms with E-state index in [1.807, 2.05) is 32.0 Å². The summed E-state index contributed by atoms with van der Waals surface area (Å²) in [5.74, 6) is -0.194. The first-order chi connectivity index (χ1) is 11.5. The van der Waals surface area contributed by atoms with E-state index in [2.05, 4.69) is 10.6 Å². The molecule has 0 unspecified atom stereocenters. The fourth-order valence-corrected chi connectivity index (χ4v) is 2.04. The lowest BCUT2D eigenvalue weighted by atomic mass is 10.1. The fraction of sp³-hybridized carbons (Fsp3) is 0.105. The minimum atomic E-state index is -0.194. The number of allylic oxidation sites excluding steroid dienone is 1. The lowest BCUT2D eigenvalue weighted by Gasteiger charge is -2.10. The molecule has 0 fully saturated rings. The number of carbonyl (C=O) groups excluding carboxylic acids is 1. The van der Waals surface area contributed by atoms with Gasteiger partial charge in [-0.3, -0.25) is 4.79 Å². The molecule has 0 atom stereocenters. The summed E-state index contributed by atoms with van der Waals surface area (Å²) in [4.78, 5) is 12.3. The Balaban J connectivity index is 2.09. The fourth-order valence-electron chi connectivity index (χ4n) is 2.04. The SMILES string of the molecule is Cc1cccc(NC(=O)c2ccc(NC=C(C#N)C#N)cc2)c1C. The molecule has 0 saturated heterocycles. The number of nitrogens with zero attached hydrogens (tertiary/aromatic N) is 2. The van der Waals surface area contributed by atoms with Gasteiger partial charge in [-0.25, -0.2) is 0 Å².